The maximum Gasteiger partial charge on any atom is 0.268 e. The smallest absolute Gasteiger partial charge is 0.268 e. The van der Waals surface area contributed by atoms with E-state index in [0.29, 0.717) is 0 Å². The van der Waals surface area contributed by atoms with Crippen LogP contribution in [0.2, 0.25) is 0 Å². The Labute approximate surface area is 136 Å². The molecule has 5 heteroatoms. The summed E-state index contributed by atoms with van der Waals surface area (Å²) in [6.07, 6.45) is 6.91. The molecule has 1 aliphatic rings. The molecule has 1 unspecified atom stereocenters. The van der Waals surface area contributed by atoms with E-state index >= 15 is 0 Å². The van der Waals surface area contributed by atoms with Crippen LogP contribution in [0.3, 0.4) is 0 Å². The van der Waals surface area contributed by atoms with Crippen molar-refractivity contribution in [1.82, 2.24) is 14.8 Å². The van der Waals surface area contributed by atoms with Crippen LogP contribution in [-0.2, 0) is 6.54 Å². The third-order valence-electron chi connectivity index (χ3n) is 3.92. The number of aromatic nitrogens is 1. The number of hydrogen-bond acceptors (Lipinski definition) is 2. The van der Waals surface area contributed by atoms with Gasteiger partial charge in [0.05, 0.1) is 0 Å². The normalized spacial score (nSPS) is 17.7. The van der Waals surface area contributed by atoms with Gasteiger partial charge in [0.1, 0.15) is 5.69 Å². The van der Waals surface area contributed by atoms with Crippen LogP contribution in [0.1, 0.15) is 50.0 Å². The van der Waals surface area contributed by atoms with Gasteiger partial charge in [-0.05, 0) is 61.3 Å². The highest BCUT2D eigenvalue weighted by Gasteiger charge is 2.18. The zero-order chi connectivity index (χ0) is 15.2. The molecule has 1 aromatic heterocycles. The fourth-order valence-corrected chi connectivity index (χ4v) is 3.43. The molecule has 2 heterocycles. The van der Waals surface area contributed by atoms with Crippen LogP contribution >= 0.6 is 15.9 Å². The van der Waals surface area contributed by atoms with Gasteiger partial charge in [-0.25, -0.2) is 0 Å². The summed E-state index contributed by atoms with van der Waals surface area (Å²) in [5, 5.41) is 3.13. The molecule has 1 fully saturated rings. The monoisotopic (exact) mass is 355 g/mol. The summed E-state index contributed by atoms with van der Waals surface area (Å²) >= 11 is 3.46. The minimum absolute atomic E-state index is 0.0265. The highest BCUT2D eigenvalue weighted by molar-refractivity contribution is 9.10. The van der Waals surface area contributed by atoms with Crippen molar-refractivity contribution in [3.8, 4) is 0 Å². The number of likely N-dealkylation sites (tertiary alicyclic amines) is 1. The quantitative estimate of drug-likeness (QED) is 0.850. The number of rotatable bonds is 6. The maximum absolute atomic E-state index is 12.4. The molecule has 21 heavy (non-hydrogen) atoms. The molecule has 0 aliphatic carbocycles. The summed E-state index contributed by atoms with van der Waals surface area (Å²) in [7, 11) is 0. The van der Waals surface area contributed by atoms with Crippen molar-refractivity contribution in [2.75, 3.05) is 19.6 Å². The number of carbonyl (C=O) groups excluding carboxylic acids is 1. The van der Waals surface area contributed by atoms with Crippen molar-refractivity contribution < 1.29 is 4.79 Å². The molecule has 0 spiro atoms. The molecule has 4 nitrogen and oxygen atoms in total. The van der Waals surface area contributed by atoms with Crippen molar-refractivity contribution in [2.45, 2.75) is 52.1 Å². The van der Waals surface area contributed by atoms with Gasteiger partial charge < -0.3 is 14.8 Å². The van der Waals surface area contributed by atoms with E-state index in [1.54, 1.807) is 0 Å². The number of halogens is 1. The number of piperidine rings is 1. The van der Waals surface area contributed by atoms with Gasteiger partial charge in [0.2, 0.25) is 0 Å². The first kappa shape index (κ1) is 16.6. The number of amides is 1. The molecule has 2 rings (SSSR count). The minimum Gasteiger partial charge on any atom is -0.347 e. The second-order valence-electron chi connectivity index (χ2n) is 5.97. The Hall–Kier alpha value is -0.810. The minimum atomic E-state index is 0.0265. The molecule has 118 valence electrons. The highest BCUT2D eigenvalue weighted by Crippen LogP contribution is 2.16. The molecule has 1 N–H and O–H groups in total. The van der Waals surface area contributed by atoms with E-state index < -0.39 is 0 Å². The summed E-state index contributed by atoms with van der Waals surface area (Å²) in [4.78, 5) is 14.9. The Balaban J connectivity index is 1.90. The van der Waals surface area contributed by atoms with E-state index in [1.807, 2.05) is 16.8 Å². The van der Waals surface area contributed by atoms with Gasteiger partial charge in [0, 0.05) is 29.8 Å². The van der Waals surface area contributed by atoms with E-state index in [1.165, 1.54) is 19.3 Å². The van der Waals surface area contributed by atoms with Crippen LogP contribution in [0.25, 0.3) is 0 Å². The number of nitrogens with one attached hydrogen (secondary N) is 1. The number of nitrogens with zero attached hydrogens (tertiary/aromatic N) is 2. The van der Waals surface area contributed by atoms with Crippen LogP contribution < -0.4 is 5.32 Å². The maximum atomic E-state index is 12.4. The second-order valence-corrected chi connectivity index (χ2v) is 6.89. The molecule has 0 radical (unpaired) electrons. The van der Waals surface area contributed by atoms with Gasteiger partial charge in [0.25, 0.3) is 5.91 Å². The van der Waals surface area contributed by atoms with Gasteiger partial charge in [-0.2, -0.15) is 0 Å². The van der Waals surface area contributed by atoms with Crippen LogP contribution in [0.15, 0.2) is 16.7 Å². The summed E-state index contributed by atoms with van der Waals surface area (Å²) in [6.45, 7) is 8.36. The number of aryl methyl sites for hydroxylation is 1. The van der Waals surface area contributed by atoms with Gasteiger partial charge in [-0.1, -0.05) is 13.3 Å². The standard InChI is InChI=1S/C16H26BrN3O/c1-3-7-20-12-14(17)10-15(20)16(21)18-13(2)11-19-8-5-4-6-9-19/h10,12-13H,3-9,11H2,1-2H3,(H,18,21). The van der Waals surface area contributed by atoms with Crippen LogP contribution in [-0.4, -0.2) is 41.1 Å². The van der Waals surface area contributed by atoms with E-state index in [4.69, 9.17) is 0 Å². The molecule has 0 aromatic carbocycles. The summed E-state index contributed by atoms with van der Waals surface area (Å²) in [5.41, 5.74) is 0.745. The SMILES string of the molecule is CCCn1cc(Br)cc1C(=O)NC(C)CN1CCCCC1. The Kier molecular flexibility index (Phi) is 6.30. The van der Waals surface area contributed by atoms with Crippen LogP contribution in [0, 0.1) is 0 Å². The molecule has 1 amide bonds. The Morgan fingerprint density at radius 1 is 1.38 bits per heavy atom. The predicted molar refractivity (Wildman–Crippen MR) is 89.6 cm³/mol. The topological polar surface area (TPSA) is 37.3 Å². The summed E-state index contributed by atoms with van der Waals surface area (Å²) in [6, 6.07) is 2.08. The van der Waals surface area contributed by atoms with Crippen molar-refractivity contribution in [3.63, 3.8) is 0 Å². The van der Waals surface area contributed by atoms with E-state index in [2.05, 4.69) is 40.0 Å². The van der Waals surface area contributed by atoms with E-state index in [0.717, 1.165) is 42.8 Å². The van der Waals surface area contributed by atoms with Gasteiger partial charge in [-0.3, -0.25) is 4.79 Å². The number of hydrogen-bond donors (Lipinski definition) is 1. The lowest BCUT2D eigenvalue weighted by Crippen LogP contribution is -2.44. The zero-order valence-electron chi connectivity index (χ0n) is 13.1. The predicted octanol–water partition coefficient (Wildman–Crippen LogP) is 3.26. The molecular formula is C16H26BrN3O. The molecular weight excluding hydrogens is 330 g/mol. The van der Waals surface area contributed by atoms with E-state index in [9.17, 15) is 4.79 Å². The number of carbonyl (C=O) groups is 1. The van der Waals surface area contributed by atoms with Gasteiger partial charge in [0.15, 0.2) is 0 Å². The molecule has 1 atom stereocenters. The van der Waals surface area contributed by atoms with Gasteiger partial charge in [-0.15, -0.1) is 0 Å². The van der Waals surface area contributed by atoms with Crippen molar-refractivity contribution in [2.24, 2.45) is 0 Å². The summed E-state index contributed by atoms with van der Waals surface area (Å²) in [5.74, 6) is 0.0265. The first-order chi connectivity index (χ1) is 10.1. The first-order valence-electron chi connectivity index (χ1n) is 7.99. The lowest BCUT2D eigenvalue weighted by atomic mass is 10.1. The van der Waals surface area contributed by atoms with Crippen molar-refractivity contribution in [1.29, 1.82) is 0 Å². The van der Waals surface area contributed by atoms with Crippen LogP contribution in [0.4, 0.5) is 0 Å². The second kappa shape index (κ2) is 7.99. The molecule has 1 aliphatic heterocycles. The Bertz CT molecular complexity index is 466. The molecule has 0 saturated carbocycles. The largest absolute Gasteiger partial charge is 0.347 e. The first-order valence-corrected chi connectivity index (χ1v) is 8.78. The Morgan fingerprint density at radius 2 is 2.10 bits per heavy atom. The third kappa shape index (κ3) is 4.85. The van der Waals surface area contributed by atoms with Crippen molar-refractivity contribution in [3.05, 3.63) is 22.4 Å². The average molecular weight is 356 g/mol. The van der Waals surface area contributed by atoms with Crippen LogP contribution in [0.5, 0.6) is 0 Å². The zero-order valence-corrected chi connectivity index (χ0v) is 14.7. The fraction of sp³-hybridized carbons (Fsp3) is 0.688. The Morgan fingerprint density at radius 3 is 2.76 bits per heavy atom. The molecule has 0 bridgehead atoms. The fourth-order valence-electron chi connectivity index (χ4n) is 2.96. The molecule has 1 saturated heterocycles. The third-order valence-corrected chi connectivity index (χ3v) is 4.35. The highest BCUT2D eigenvalue weighted by atomic mass is 79.9. The lowest BCUT2D eigenvalue weighted by Gasteiger charge is -2.29. The van der Waals surface area contributed by atoms with E-state index in [-0.39, 0.29) is 11.9 Å². The lowest BCUT2D eigenvalue weighted by molar-refractivity contribution is 0.0916. The van der Waals surface area contributed by atoms with Gasteiger partial charge >= 0.3 is 0 Å². The average Bonchev–Trinajstić information content (AvgIpc) is 2.81. The summed E-state index contributed by atoms with van der Waals surface area (Å²) < 4.78 is 2.98. The molecule has 1 aromatic rings. The van der Waals surface area contributed by atoms with Crippen molar-refractivity contribution >= 4 is 21.8 Å².